The minimum atomic E-state index is -0.469. The van der Waals surface area contributed by atoms with Crippen molar-refractivity contribution >= 4 is 11.8 Å². The molecule has 2 heterocycles. The minimum absolute atomic E-state index is 0.00841. The zero-order valence-electron chi connectivity index (χ0n) is 13.8. The molecule has 0 radical (unpaired) electrons. The van der Waals surface area contributed by atoms with Gasteiger partial charge in [0.15, 0.2) is 0 Å². The average Bonchev–Trinajstić information content (AvgIpc) is 2.57. The summed E-state index contributed by atoms with van der Waals surface area (Å²) >= 11 is 0. The van der Waals surface area contributed by atoms with Crippen LogP contribution in [-0.4, -0.2) is 73.5 Å². The Morgan fingerprint density at radius 3 is 2.65 bits per heavy atom. The number of carbonyl (C=O) groups excluding carboxylic acids is 2. The molecular formula is C16H28N2O5. The third-order valence-electron chi connectivity index (χ3n) is 4.53. The van der Waals surface area contributed by atoms with Crippen molar-refractivity contribution in [3.05, 3.63) is 0 Å². The largest absolute Gasteiger partial charge is 0.394 e. The summed E-state index contributed by atoms with van der Waals surface area (Å²) in [6, 6.07) is -0.232. The summed E-state index contributed by atoms with van der Waals surface area (Å²) in [5.74, 6) is -0.0874. The van der Waals surface area contributed by atoms with Crippen LogP contribution in [0.3, 0.4) is 0 Å². The van der Waals surface area contributed by atoms with Crippen LogP contribution in [0.1, 0.15) is 38.5 Å². The summed E-state index contributed by atoms with van der Waals surface area (Å²) < 4.78 is 10.6. The number of carbonyl (C=O) groups is 2. The molecule has 7 nitrogen and oxygen atoms in total. The van der Waals surface area contributed by atoms with E-state index in [1.54, 1.807) is 0 Å². The van der Waals surface area contributed by atoms with Gasteiger partial charge in [0.25, 0.3) is 0 Å². The number of hydrogen-bond donors (Lipinski definition) is 2. The molecule has 0 bridgehead atoms. The molecular weight excluding hydrogens is 300 g/mol. The van der Waals surface area contributed by atoms with Crippen molar-refractivity contribution in [1.29, 1.82) is 0 Å². The minimum Gasteiger partial charge on any atom is -0.394 e. The van der Waals surface area contributed by atoms with Crippen LogP contribution >= 0.6 is 0 Å². The van der Waals surface area contributed by atoms with Gasteiger partial charge in [-0.2, -0.15) is 0 Å². The topological polar surface area (TPSA) is 88.1 Å². The molecule has 2 saturated heterocycles. The summed E-state index contributed by atoms with van der Waals surface area (Å²) in [5.41, 5.74) is 0. The Hall–Kier alpha value is -1.18. The Kier molecular flexibility index (Phi) is 7.26. The van der Waals surface area contributed by atoms with E-state index in [0.29, 0.717) is 19.3 Å². The van der Waals surface area contributed by atoms with Gasteiger partial charge in [-0.3, -0.25) is 9.59 Å². The summed E-state index contributed by atoms with van der Waals surface area (Å²) in [4.78, 5) is 25.8. The van der Waals surface area contributed by atoms with Crippen LogP contribution < -0.4 is 5.32 Å². The van der Waals surface area contributed by atoms with Crippen molar-refractivity contribution in [2.75, 3.05) is 33.4 Å². The van der Waals surface area contributed by atoms with E-state index in [1.165, 1.54) is 13.5 Å². The van der Waals surface area contributed by atoms with Crippen LogP contribution in [0.2, 0.25) is 0 Å². The molecule has 2 amide bonds. The summed E-state index contributed by atoms with van der Waals surface area (Å²) in [6.45, 7) is 1.49. The number of amides is 2. The molecule has 2 aliphatic rings. The number of likely N-dealkylation sites (tertiary alicyclic amines) is 1. The molecule has 2 aliphatic heterocycles. The number of ether oxygens (including phenoxy) is 2. The Bertz CT molecular complexity index is 398. The maximum atomic E-state index is 12.3. The van der Waals surface area contributed by atoms with E-state index in [0.717, 1.165) is 25.9 Å². The van der Waals surface area contributed by atoms with Crippen LogP contribution in [0, 0.1) is 0 Å². The molecule has 0 aromatic rings. The van der Waals surface area contributed by atoms with E-state index in [4.69, 9.17) is 9.47 Å². The monoisotopic (exact) mass is 328 g/mol. The third-order valence-corrected chi connectivity index (χ3v) is 4.53. The lowest BCUT2D eigenvalue weighted by molar-refractivity contribution is -0.144. The van der Waals surface area contributed by atoms with Crippen molar-refractivity contribution in [2.45, 2.75) is 56.8 Å². The van der Waals surface area contributed by atoms with Gasteiger partial charge in [0.1, 0.15) is 12.7 Å². The lowest BCUT2D eigenvalue weighted by Gasteiger charge is -2.37. The molecule has 0 spiro atoms. The predicted octanol–water partition coefficient (Wildman–Crippen LogP) is 0.0601. The second-order valence-corrected chi connectivity index (χ2v) is 6.31. The number of nitrogens with one attached hydrogen (secondary N) is 1. The number of hydrogen-bond acceptors (Lipinski definition) is 5. The maximum absolute atomic E-state index is 12.3. The van der Waals surface area contributed by atoms with Crippen molar-refractivity contribution < 1.29 is 24.2 Å². The first-order valence-electron chi connectivity index (χ1n) is 8.46. The van der Waals surface area contributed by atoms with Gasteiger partial charge in [-0.15, -0.1) is 0 Å². The lowest BCUT2D eigenvalue weighted by atomic mass is 9.96. The van der Waals surface area contributed by atoms with E-state index >= 15 is 0 Å². The van der Waals surface area contributed by atoms with Gasteiger partial charge in [0.05, 0.1) is 25.2 Å². The van der Waals surface area contributed by atoms with Gasteiger partial charge in [-0.25, -0.2) is 0 Å². The highest BCUT2D eigenvalue weighted by Gasteiger charge is 2.33. The highest BCUT2D eigenvalue weighted by Crippen LogP contribution is 2.23. The number of nitrogens with zero attached hydrogens (tertiary/aromatic N) is 1. The summed E-state index contributed by atoms with van der Waals surface area (Å²) in [5, 5.41) is 12.3. The van der Waals surface area contributed by atoms with Gasteiger partial charge in [0.2, 0.25) is 11.8 Å². The molecule has 3 atom stereocenters. The first-order chi connectivity index (χ1) is 11.1. The van der Waals surface area contributed by atoms with Crippen molar-refractivity contribution in [3.63, 3.8) is 0 Å². The Morgan fingerprint density at radius 2 is 2.00 bits per heavy atom. The van der Waals surface area contributed by atoms with Crippen LogP contribution in [0.15, 0.2) is 0 Å². The predicted molar refractivity (Wildman–Crippen MR) is 83.8 cm³/mol. The molecule has 2 rings (SSSR count). The van der Waals surface area contributed by atoms with Gasteiger partial charge < -0.3 is 24.8 Å². The first kappa shape index (κ1) is 18.2. The third kappa shape index (κ3) is 5.44. The maximum Gasteiger partial charge on any atom is 0.246 e. The molecule has 132 valence electrons. The van der Waals surface area contributed by atoms with Crippen molar-refractivity contribution in [1.82, 2.24) is 10.2 Å². The zero-order chi connectivity index (χ0) is 16.7. The fourth-order valence-corrected chi connectivity index (χ4v) is 3.29. The number of aliphatic hydroxyl groups excluding tert-OH is 1. The summed E-state index contributed by atoms with van der Waals surface area (Å²) in [6.07, 6.45) is 4.44. The van der Waals surface area contributed by atoms with E-state index in [-0.39, 0.29) is 37.2 Å². The summed E-state index contributed by atoms with van der Waals surface area (Å²) in [7, 11) is 1.46. The second-order valence-electron chi connectivity index (χ2n) is 6.31. The smallest absolute Gasteiger partial charge is 0.246 e. The molecule has 0 unspecified atom stereocenters. The quantitative estimate of drug-likeness (QED) is 0.720. The van der Waals surface area contributed by atoms with Crippen LogP contribution in [0.4, 0.5) is 0 Å². The lowest BCUT2D eigenvalue weighted by Crippen LogP contribution is -2.52. The standard InChI is InChI=1S/C16H28N2O5/c1-22-11-15(20)17-13-6-5-12(23-14(13)10-19)9-16(21)18-7-3-2-4-8-18/h12-14,19H,2-11H2,1H3,(H,17,20)/t12-,13-,14+/m0/s1. The fraction of sp³-hybridized carbons (Fsp3) is 0.875. The molecule has 0 aromatic heterocycles. The van der Waals surface area contributed by atoms with Crippen LogP contribution in [0.25, 0.3) is 0 Å². The molecule has 2 fully saturated rings. The number of rotatable bonds is 6. The van der Waals surface area contributed by atoms with Gasteiger partial charge >= 0.3 is 0 Å². The fourth-order valence-electron chi connectivity index (χ4n) is 3.29. The Balaban J connectivity index is 1.80. The van der Waals surface area contributed by atoms with Crippen molar-refractivity contribution in [2.24, 2.45) is 0 Å². The number of aliphatic hydroxyl groups is 1. The zero-order valence-corrected chi connectivity index (χ0v) is 13.8. The van der Waals surface area contributed by atoms with E-state index in [9.17, 15) is 14.7 Å². The van der Waals surface area contributed by atoms with E-state index in [2.05, 4.69) is 5.32 Å². The average molecular weight is 328 g/mol. The molecule has 0 aliphatic carbocycles. The van der Waals surface area contributed by atoms with E-state index < -0.39 is 6.10 Å². The second kappa shape index (κ2) is 9.20. The normalized spacial score (nSPS) is 28.4. The van der Waals surface area contributed by atoms with Crippen molar-refractivity contribution in [3.8, 4) is 0 Å². The SMILES string of the molecule is COCC(=O)N[C@H]1CC[C@@H](CC(=O)N2CCCCC2)O[C@@H]1CO. The molecule has 23 heavy (non-hydrogen) atoms. The van der Waals surface area contributed by atoms with Gasteiger partial charge in [-0.1, -0.05) is 0 Å². The number of methoxy groups -OCH3 is 1. The first-order valence-corrected chi connectivity index (χ1v) is 8.46. The molecule has 2 N–H and O–H groups in total. The molecule has 0 aromatic carbocycles. The van der Waals surface area contributed by atoms with Gasteiger partial charge in [0, 0.05) is 20.2 Å². The van der Waals surface area contributed by atoms with Crippen LogP contribution in [-0.2, 0) is 19.1 Å². The van der Waals surface area contributed by atoms with Crippen LogP contribution in [0.5, 0.6) is 0 Å². The Morgan fingerprint density at radius 1 is 1.26 bits per heavy atom. The molecule has 7 heteroatoms. The van der Waals surface area contributed by atoms with E-state index in [1.807, 2.05) is 4.90 Å². The highest BCUT2D eigenvalue weighted by molar-refractivity contribution is 5.78. The van der Waals surface area contributed by atoms with Gasteiger partial charge in [-0.05, 0) is 32.1 Å². The highest BCUT2D eigenvalue weighted by atomic mass is 16.5. The Labute approximate surface area is 137 Å². The number of piperidine rings is 1. The molecule has 0 saturated carbocycles.